The molecule has 0 aromatic carbocycles. The molecule has 0 aliphatic carbocycles. The van der Waals surface area contributed by atoms with Crippen molar-refractivity contribution in [2.45, 2.75) is 182 Å². The van der Waals surface area contributed by atoms with Crippen molar-refractivity contribution in [3.05, 3.63) is 63.7 Å². The number of aliphatic hydroxyl groups excluding tert-OH is 3. The number of hydrogen-bond donors (Lipinski definition) is 4. The largest absolute Gasteiger partial charge is 0.456 e. The van der Waals surface area contributed by atoms with Crippen LogP contribution < -0.4 is 0 Å². The minimum absolute atomic E-state index is 0.0453. The first-order chi connectivity index (χ1) is 28.8. The molecule has 13 heteroatoms. The summed E-state index contributed by atoms with van der Waals surface area (Å²) in [5.74, 6) is -4.39. The Morgan fingerprint density at radius 2 is 1.71 bits per heavy atom. The second-order valence-corrected chi connectivity index (χ2v) is 19.9. The third-order valence-electron chi connectivity index (χ3n) is 13.3. The van der Waals surface area contributed by atoms with Crippen LogP contribution in [-0.4, -0.2) is 98.1 Å². The Labute approximate surface area is 374 Å². The van der Waals surface area contributed by atoms with Gasteiger partial charge in [-0.15, -0.1) is 11.3 Å². The first-order valence-corrected chi connectivity index (χ1v) is 23.3. The molecule has 350 valence electrons. The summed E-state index contributed by atoms with van der Waals surface area (Å²) < 4.78 is 23.8. The third kappa shape index (κ3) is 13.7. The Kier molecular flexibility index (Phi) is 19.5. The van der Waals surface area contributed by atoms with E-state index in [1.54, 1.807) is 78.8 Å². The number of hydrogen-bond acceptors (Lipinski definition) is 13. The fraction of sp³-hybridized carbons (Fsp3) is 0.714. The summed E-state index contributed by atoms with van der Waals surface area (Å²) in [4.78, 5) is 46.3. The van der Waals surface area contributed by atoms with Gasteiger partial charge in [0.05, 0.1) is 29.9 Å². The molecule has 3 heterocycles. The van der Waals surface area contributed by atoms with Crippen LogP contribution in [0, 0.1) is 35.5 Å². The zero-order chi connectivity index (χ0) is 46.9. The number of rotatable bonds is 9. The van der Waals surface area contributed by atoms with Crippen LogP contribution in [0.25, 0.3) is 0 Å². The minimum Gasteiger partial charge on any atom is -0.456 e. The summed E-state index contributed by atoms with van der Waals surface area (Å²) in [5.41, 5.74) is -1.67. The molecule has 0 saturated carbocycles. The van der Waals surface area contributed by atoms with Crippen molar-refractivity contribution >= 4 is 29.1 Å². The van der Waals surface area contributed by atoms with Gasteiger partial charge in [-0.25, -0.2) is 9.78 Å². The van der Waals surface area contributed by atoms with Crippen molar-refractivity contribution in [3.63, 3.8) is 0 Å². The molecule has 0 bridgehead atoms. The Balaban J connectivity index is 2.09. The molecule has 4 N–H and O–H groups in total. The van der Waals surface area contributed by atoms with Gasteiger partial charge in [-0.2, -0.15) is 0 Å². The highest BCUT2D eigenvalue weighted by Crippen LogP contribution is 2.46. The van der Waals surface area contributed by atoms with Gasteiger partial charge in [-0.3, -0.25) is 9.59 Å². The molecule has 2 aliphatic heterocycles. The molecule has 1 aromatic rings. The maximum atomic E-state index is 14.6. The summed E-state index contributed by atoms with van der Waals surface area (Å²) in [6.07, 6.45) is 7.08. The van der Waals surface area contributed by atoms with Crippen LogP contribution in [0.1, 0.15) is 133 Å². The second kappa shape index (κ2) is 22.7. The number of esters is 2. The fourth-order valence-corrected chi connectivity index (χ4v) is 9.08. The zero-order valence-electron chi connectivity index (χ0n) is 39.7. The highest BCUT2D eigenvalue weighted by Gasteiger charge is 2.53. The van der Waals surface area contributed by atoms with E-state index in [1.807, 2.05) is 53.0 Å². The number of aliphatic hydroxyl groups is 4. The number of allylic oxidation sites excluding steroid dienone is 5. The topological polar surface area (TPSA) is 185 Å². The quantitative estimate of drug-likeness (QED) is 0.108. The Bertz CT molecular complexity index is 1780. The zero-order valence-corrected chi connectivity index (χ0v) is 40.5. The van der Waals surface area contributed by atoms with E-state index >= 15 is 0 Å². The van der Waals surface area contributed by atoms with E-state index in [2.05, 4.69) is 0 Å². The van der Waals surface area contributed by atoms with Gasteiger partial charge < -0.3 is 39.4 Å². The number of thiazole rings is 1. The van der Waals surface area contributed by atoms with Gasteiger partial charge in [0.1, 0.15) is 40.3 Å². The highest BCUT2D eigenvalue weighted by atomic mass is 32.1. The molecule has 1 aromatic heterocycles. The van der Waals surface area contributed by atoms with Crippen LogP contribution in [0.4, 0.5) is 0 Å². The fourth-order valence-electron chi connectivity index (χ4n) is 8.08. The van der Waals surface area contributed by atoms with Crippen molar-refractivity contribution in [3.8, 4) is 0 Å². The lowest BCUT2D eigenvalue weighted by molar-refractivity contribution is -0.199. The predicted octanol–water partition coefficient (Wildman–Crippen LogP) is 7.76. The Morgan fingerprint density at radius 3 is 2.31 bits per heavy atom. The molecule has 0 radical (unpaired) electrons. The molecular formula is C49H77NO11S. The molecule has 0 amide bonds. The van der Waals surface area contributed by atoms with Crippen LogP contribution >= 0.6 is 11.3 Å². The van der Waals surface area contributed by atoms with E-state index < -0.39 is 82.9 Å². The molecule has 0 spiro atoms. The maximum Gasteiger partial charge on any atom is 0.350 e. The number of nitrogens with zero attached hydrogens (tertiary/aromatic N) is 1. The van der Waals surface area contributed by atoms with Crippen molar-refractivity contribution in [2.75, 3.05) is 7.11 Å². The molecule has 15 atom stereocenters. The summed E-state index contributed by atoms with van der Waals surface area (Å²) in [5, 5.41) is 48.7. The monoisotopic (exact) mass is 888 g/mol. The van der Waals surface area contributed by atoms with Crippen LogP contribution in [0.3, 0.4) is 0 Å². The Morgan fingerprint density at radius 1 is 1.06 bits per heavy atom. The summed E-state index contributed by atoms with van der Waals surface area (Å²) in [7, 11) is 1.45. The SMILES string of the molecule is CCC(C)C(=O)OC1(C)C(=O)OC(C(C)(O)C=C(C)Cc2csc(C3(C)OC3C)n2)CC=CC=C(C)C(OC)C(O)C(O)C(C)CC=CC(C)C(=O)C(C)C(O)CC(C)CC1C. The smallest absolute Gasteiger partial charge is 0.350 e. The number of cyclic esters (lactones) is 1. The first-order valence-electron chi connectivity index (χ1n) is 22.4. The normalized spacial score (nSPS) is 36.8. The van der Waals surface area contributed by atoms with Gasteiger partial charge in [0, 0.05) is 43.1 Å². The second-order valence-electron chi connectivity index (χ2n) is 19.0. The van der Waals surface area contributed by atoms with E-state index in [-0.39, 0.29) is 36.6 Å². The van der Waals surface area contributed by atoms with Gasteiger partial charge in [-0.05, 0) is 84.6 Å². The molecule has 12 nitrogen and oxygen atoms in total. The summed E-state index contributed by atoms with van der Waals surface area (Å²) >= 11 is 1.53. The van der Waals surface area contributed by atoms with Crippen molar-refractivity contribution in [2.24, 2.45) is 35.5 Å². The molecule has 2 aliphatic rings. The number of carbonyl (C=O) groups excluding carboxylic acids is 3. The molecule has 1 fully saturated rings. The molecule has 1 saturated heterocycles. The van der Waals surface area contributed by atoms with Crippen LogP contribution in [-0.2, 0) is 45.4 Å². The van der Waals surface area contributed by atoms with E-state index in [9.17, 15) is 34.8 Å². The summed E-state index contributed by atoms with van der Waals surface area (Å²) in [6.45, 7) is 23.4. The summed E-state index contributed by atoms with van der Waals surface area (Å²) in [6, 6.07) is 0. The highest BCUT2D eigenvalue weighted by molar-refractivity contribution is 7.09. The van der Waals surface area contributed by atoms with E-state index in [4.69, 9.17) is 23.9 Å². The average Bonchev–Trinajstić information content (AvgIpc) is 3.56. The van der Waals surface area contributed by atoms with E-state index in [0.717, 1.165) is 16.3 Å². The molecular weight excluding hydrogens is 811 g/mol. The maximum absolute atomic E-state index is 14.6. The van der Waals surface area contributed by atoms with Crippen LogP contribution in [0.2, 0.25) is 0 Å². The third-order valence-corrected chi connectivity index (χ3v) is 14.4. The standard InChI is InChI=1S/C49H77NO11S/c1-15-30(4)44(55)61-48(12)34(8)23-28(2)25-38(51)35(9)40(52)31(5)20-18-21-32(6)41(53)42(54)43(58-14)33(7)19-16-17-22-39(59-46(48)56)47(11,57)26-29(3)24-37-27-62-45(50-37)49(13)36(10)60-49/h16-20,26-28,30-32,34-36,38-39,41-43,51,53-54,57H,15,21-25H2,1-14H3. The molecule has 3 rings (SSSR count). The lowest BCUT2D eigenvalue weighted by Gasteiger charge is -2.38. The predicted molar refractivity (Wildman–Crippen MR) is 242 cm³/mol. The number of epoxide rings is 1. The van der Waals surface area contributed by atoms with Crippen LogP contribution in [0.15, 0.2) is 53.0 Å². The van der Waals surface area contributed by atoms with E-state index in [1.165, 1.54) is 18.4 Å². The number of ketones is 1. The van der Waals surface area contributed by atoms with Crippen LogP contribution in [0.5, 0.6) is 0 Å². The number of aromatic nitrogens is 1. The number of ether oxygens (including phenoxy) is 4. The van der Waals surface area contributed by atoms with Gasteiger partial charge in [-0.1, -0.05) is 90.5 Å². The van der Waals surface area contributed by atoms with Gasteiger partial charge >= 0.3 is 11.9 Å². The van der Waals surface area contributed by atoms with Crippen molar-refractivity contribution < 1.29 is 53.8 Å². The Hall–Kier alpha value is -3.04. The minimum atomic E-state index is -1.78. The molecule has 62 heavy (non-hydrogen) atoms. The van der Waals surface area contributed by atoms with E-state index in [0.29, 0.717) is 31.3 Å². The number of Topliss-reactive ketones (excluding diaryl/α,β-unsaturated/α-hetero) is 1. The number of methoxy groups -OCH3 is 1. The first kappa shape index (κ1) is 53.3. The lowest BCUT2D eigenvalue weighted by Crippen LogP contribution is -2.52. The molecule has 15 unspecified atom stereocenters. The van der Waals surface area contributed by atoms with Crippen molar-refractivity contribution in [1.82, 2.24) is 4.98 Å². The number of carbonyl (C=O) groups is 3. The average molecular weight is 888 g/mol. The van der Waals surface area contributed by atoms with Gasteiger partial charge in [0.2, 0.25) is 5.60 Å². The van der Waals surface area contributed by atoms with Crippen molar-refractivity contribution in [1.29, 1.82) is 0 Å². The lowest BCUT2D eigenvalue weighted by atomic mass is 9.79. The van der Waals surface area contributed by atoms with Gasteiger partial charge in [0.25, 0.3) is 0 Å². The van der Waals surface area contributed by atoms with Gasteiger partial charge in [0.15, 0.2) is 0 Å².